The van der Waals surface area contributed by atoms with Gasteiger partial charge in [-0.1, -0.05) is 42.7 Å². The van der Waals surface area contributed by atoms with Gasteiger partial charge in [0.25, 0.3) is 0 Å². The van der Waals surface area contributed by atoms with Gasteiger partial charge in [-0.05, 0) is 31.9 Å². The number of unbranched alkanes of at least 4 members (excludes halogenated alkanes) is 2. The van der Waals surface area contributed by atoms with Crippen LogP contribution in [0.5, 0.6) is 5.75 Å². The molecule has 0 atom stereocenters. The van der Waals surface area contributed by atoms with Gasteiger partial charge in [0.1, 0.15) is 5.75 Å². The predicted octanol–water partition coefficient (Wildman–Crippen LogP) is 3.79. The molecule has 0 aliphatic heterocycles. The maximum Gasteiger partial charge on any atom is 0.119 e. The highest BCUT2D eigenvalue weighted by atomic mass is 16.5. The minimum Gasteiger partial charge on any atom is -0.494 e. The predicted molar refractivity (Wildman–Crippen MR) is 84.5 cm³/mol. The van der Waals surface area contributed by atoms with Crippen molar-refractivity contribution in [3.63, 3.8) is 0 Å². The van der Waals surface area contributed by atoms with Gasteiger partial charge in [-0.3, -0.25) is 4.68 Å². The molecule has 0 aliphatic carbocycles. The average molecular weight is 287 g/mol. The van der Waals surface area contributed by atoms with Gasteiger partial charge in [-0.15, -0.1) is 5.10 Å². The Bertz CT molecular complexity index is 519. The summed E-state index contributed by atoms with van der Waals surface area (Å²) in [6, 6.07) is 8.15. The van der Waals surface area contributed by atoms with Gasteiger partial charge in [0, 0.05) is 19.2 Å². The molecule has 0 bridgehead atoms. The van der Waals surface area contributed by atoms with Crippen molar-refractivity contribution in [2.45, 2.75) is 52.5 Å². The van der Waals surface area contributed by atoms with Crippen molar-refractivity contribution < 1.29 is 4.74 Å². The summed E-state index contributed by atoms with van der Waals surface area (Å²) in [4.78, 5) is 0. The lowest BCUT2D eigenvalue weighted by molar-refractivity contribution is 0.298. The van der Waals surface area contributed by atoms with Crippen molar-refractivity contribution in [1.29, 1.82) is 0 Å². The standard InChI is InChI=1S/C17H25N3O/c1-3-4-5-7-16-14-20(19-18-16)12-6-13-21-17-10-8-15(2)9-11-17/h8-11,14H,3-7,12-13H2,1-2H3. The molecule has 0 saturated carbocycles. The Balaban J connectivity index is 1.65. The third-order valence-electron chi connectivity index (χ3n) is 3.44. The molecule has 114 valence electrons. The third-order valence-corrected chi connectivity index (χ3v) is 3.44. The molecule has 21 heavy (non-hydrogen) atoms. The van der Waals surface area contributed by atoms with Crippen LogP contribution in [-0.2, 0) is 13.0 Å². The van der Waals surface area contributed by atoms with E-state index in [4.69, 9.17) is 4.74 Å². The van der Waals surface area contributed by atoms with Crippen molar-refractivity contribution in [1.82, 2.24) is 15.0 Å². The zero-order valence-corrected chi connectivity index (χ0v) is 13.1. The van der Waals surface area contributed by atoms with E-state index < -0.39 is 0 Å². The van der Waals surface area contributed by atoms with E-state index in [0.29, 0.717) is 6.61 Å². The molecule has 1 aromatic carbocycles. The highest BCUT2D eigenvalue weighted by Gasteiger charge is 2.01. The Morgan fingerprint density at radius 2 is 1.90 bits per heavy atom. The van der Waals surface area contributed by atoms with Crippen molar-refractivity contribution in [3.05, 3.63) is 41.7 Å². The molecule has 4 nitrogen and oxygen atoms in total. The minimum atomic E-state index is 0.702. The molecule has 0 radical (unpaired) electrons. The molecule has 0 N–H and O–H groups in total. The number of ether oxygens (including phenoxy) is 1. The smallest absolute Gasteiger partial charge is 0.119 e. The second-order valence-corrected chi connectivity index (χ2v) is 5.45. The van der Waals surface area contributed by atoms with E-state index in [1.165, 1.54) is 24.8 Å². The van der Waals surface area contributed by atoms with Crippen LogP contribution in [0.4, 0.5) is 0 Å². The number of aryl methyl sites for hydroxylation is 3. The van der Waals surface area contributed by atoms with Crippen LogP contribution in [0.15, 0.2) is 30.5 Å². The second kappa shape index (κ2) is 8.45. The van der Waals surface area contributed by atoms with Gasteiger partial charge < -0.3 is 4.74 Å². The number of rotatable bonds is 9. The number of aromatic nitrogens is 3. The van der Waals surface area contributed by atoms with Crippen LogP contribution in [0.3, 0.4) is 0 Å². The first-order valence-corrected chi connectivity index (χ1v) is 7.86. The van der Waals surface area contributed by atoms with E-state index in [9.17, 15) is 0 Å². The van der Waals surface area contributed by atoms with Crippen LogP contribution < -0.4 is 4.74 Å². The Morgan fingerprint density at radius 3 is 2.67 bits per heavy atom. The van der Waals surface area contributed by atoms with Crippen molar-refractivity contribution in [2.24, 2.45) is 0 Å². The van der Waals surface area contributed by atoms with E-state index in [1.54, 1.807) is 0 Å². The first-order valence-electron chi connectivity index (χ1n) is 7.86. The molecular weight excluding hydrogens is 262 g/mol. The van der Waals surface area contributed by atoms with Crippen LogP contribution in [-0.4, -0.2) is 21.6 Å². The van der Waals surface area contributed by atoms with Crippen LogP contribution in [0.25, 0.3) is 0 Å². The van der Waals surface area contributed by atoms with Crippen molar-refractivity contribution >= 4 is 0 Å². The number of hydrogen-bond donors (Lipinski definition) is 0. The average Bonchev–Trinajstić information content (AvgIpc) is 2.94. The maximum atomic E-state index is 5.71. The Morgan fingerprint density at radius 1 is 1.10 bits per heavy atom. The minimum absolute atomic E-state index is 0.702. The van der Waals surface area contributed by atoms with Gasteiger partial charge >= 0.3 is 0 Å². The van der Waals surface area contributed by atoms with E-state index in [1.807, 2.05) is 16.8 Å². The zero-order chi connectivity index (χ0) is 14.9. The van der Waals surface area contributed by atoms with Crippen LogP contribution in [0, 0.1) is 6.92 Å². The summed E-state index contributed by atoms with van der Waals surface area (Å²) < 4.78 is 7.62. The molecule has 4 heteroatoms. The Labute approximate surface area is 127 Å². The Hall–Kier alpha value is -1.84. The first kappa shape index (κ1) is 15.5. The molecule has 0 aliphatic rings. The number of hydrogen-bond acceptors (Lipinski definition) is 3. The fraction of sp³-hybridized carbons (Fsp3) is 0.529. The van der Waals surface area contributed by atoms with Crippen LogP contribution >= 0.6 is 0 Å². The van der Waals surface area contributed by atoms with Gasteiger partial charge in [-0.2, -0.15) is 0 Å². The van der Waals surface area contributed by atoms with Gasteiger partial charge in [0.05, 0.1) is 12.3 Å². The SMILES string of the molecule is CCCCCc1cn(CCCOc2ccc(C)cc2)nn1. The molecule has 0 unspecified atom stereocenters. The van der Waals surface area contributed by atoms with Crippen molar-refractivity contribution in [3.8, 4) is 5.75 Å². The lowest BCUT2D eigenvalue weighted by Crippen LogP contribution is -2.05. The summed E-state index contributed by atoms with van der Waals surface area (Å²) in [5.74, 6) is 0.930. The van der Waals surface area contributed by atoms with Gasteiger partial charge in [0.2, 0.25) is 0 Å². The fourth-order valence-corrected chi connectivity index (χ4v) is 2.17. The molecule has 0 amide bonds. The van der Waals surface area contributed by atoms with E-state index >= 15 is 0 Å². The van der Waals surface area contributed by atoms with E-state index in [0.717, 1.165) is 30.8 Å². The summed E-state index contributed by atoms with van der Waals surface area (Å²) in [6.45, 7) is 5.85. The Kier molecular flexibility index (Phi) is 6.25. The van der Waals surface area contributed by atoms with Crippen molar-refractivity contribution in [2.75, 3.05) is 6.61 Å². The lowest BCUT2D eigenvalue weighted by Gasteiger charge is -2.06. The molecule has 1 heterocycles. The highest BCUT2D eigenvalue weighted by Crippen LogP contribution is 2.11. The number of benzene rings is 1. The van der Waals surface area contributed by atoms with Gasteiger partial charge in [0.15, 0.2) is 0 Å². The quantitative estimate of drug-likeness (QED) is 0.659. The lowest BCUT2D eigenvalue weighted by atomic mass is 10.2. The fourth-order valence-electron chi connectivity index (χ4n) is 2.17. The molecule has 2 rings (SSSR count). The van der Waals surface area contributed by atoms with E-state index in [-0.39, 0.29) is 0 Å². The normalized spacial score (nSPS) is 10.8. The maximum absolute atomic E-state index is 5.71. The van der Waals surface area contributed by atoms with Crippen LogP contribution in [0.2, 0.25) is 0 Å². The molecule has 0 spiro atoms. The number of nitrogens with zero attached hydrogens (tertiary/aromatic N) is 3. The summed E-state index contributed by atoms with van der Waals surface area (Å²) in [5.41, 5.74) is 2.35. The summed E-state index contributed by atoms with van der Waals surface area (Å²) in [6.07, 6.45) is 7.73. The molecule has 2 aromatic rings. The molecular formula is C17H25N3O. The largest absolute Gasteiger partial charge is 0.494 e. The topological polar surface area (TPSA) is 39.9 Å². The zero-order valence-electron chi connectivity index (χ0n) is 13.1. The van der Waals surface area contributed by atoms with E-state index in [2.05, 4.69) is 42.5 Å². The van der Waals surface area contributed by atoms with Gasteiger partial charge in [-0.25, -0.2) is 0 Å². The summed E-state index contributed by atoms with van der Waals surface area (Å²) in [5, 5.41) is 8.37. The molecule has 1 aromatic heterocycles. The second-order valence-electron chi connectivity index (χ2n) is 5.45. The monoisotopic (exact) mass is 287 g/mol. The molecule has 0 saturated heterocycles. The summed E-state index contributed by atoms with van der Waals surface area (Å²) >= 11 is 0. The highest BCUT2D eigenvalue weighted by molar-refractivity contribution is 5.26. The van der Waals surface area contributed by atoms with Crippen LogP contribution in [0.1, 0.15) is 43.9 Å². The first-order chi connectivity index (χ1) is 10.3. The third kappa shape index (κ3) is 5.58. The molecule has 0 fully saturated rings. The summed E-state index contributed by atoms with van der Waals surface area (Å²) in [7, 11) is 0.